The van der Waals surface area contributed by atoms with E-state index in [1.54, 1.807) is 17.2 Å². The number of hydrogen-bond acceptors (Lipinski definition) is 8. The monoisotopic (exact) mass is 536 g/mol. The molecule has 2 unspecified atom stereocenters. The van der Waals surface area contributed by atoms with Crippen molar-refractivity contribution < 1.29 is 19.5 Å². The van der Waals surface area contributed by atoms with Gasteiger partial charge in [0.05, 0.1) is 16.4 Å². The van der Waals surface area contributed by atoms with E-state index in [4.69, 9.17) is 12.2 Å². The average molecular weight is 537 g/mol. The van der Waals surface area contributed by atoms with E-state index < -0.39 is 17.4 Å². The molecule has 0 bridgehead atoms. The first-order valence-electron chi connectivity index (χ1n) is 10.6. The van der Waals surface area contributed by atoms with E-state index in [1.807, 2.05) is 30.5 Å². The third-order valence-electron chi connectivity index (χ3n) is 5.83. The van der Waals surface area contributed by atoms with Crippen LogP contribution in [0.2, 0.25) is 0 Å². The summed E-state index contributed by atoms with van der Waals surface area (Å²) in [6.45, 7) is 3.48. The number of thioether (sulfide) groups is 2. The quantitative estimate of drug-likeness (QED) is 0.296. The van der Waals surface area contributed by atoms with E-state index in [9.17, 15) is 19.5 Å². The Balaban J connectivity index is 1.56. The van der Waals surface area contributed by atoms with Crippen LogP contribution in [0.4, 0.5) is 11.4 Å². The van der Waals surface area contributed by atoms with E-state index in [1.165, 1.54) is 46.7 Å². The van der Waals surface area contributed by atoms with Crippen LogP contribution in [-0.2, 0) is 14.4 Å². The van der Waals surface area contributed by atoms with Gasteiger partial charge in [0.2, 0.25) is 11.8 Å². The fourth-order valence-corrected chi connectivity index (χ4v) is 7.66. The third kappa shape index (κ3) is 4.68. The molecule has 0 aliphatic carbocycles. The minimum absolute atomic E-state index is 0.110. The summed E-state index contributed by atoms with van der Waals surface area (Å²) in [5.41, 5.74) is 0.168. The Morgan fingerprint density at radius 1 is 1.41 bits per heavy atom. The zero-order valence-corrected chi connectivity index (χ0v) is 21.9. The summed E-state index contributed by atoms with van der Waals surface area (Å²) < 4.78 is 0.803. The van der Waals surface area contributed by atoms with Crippen molar-refractivity contribution in [2.45, 2.75) is 36.0 Å². The molecule has 0 spiro atoms. The molecule has 12 heteroatoms. The Bertz CT molecular complexity index is 1110. The summed E-state index contributed by atoms with van der Waals surface area (Å²) in [7, 11) is 0. The molecule has 1 aromatic carbocycles. The number of fused-ring (bicyclic) bond motifs is 1. The molecule has 2 N–H and O–H groups in total. The highest BCUT2D eigenvalue weighted by atomic mass is 32.2. The summed E-state index contributed by atoms with van der Waals surface area (Å²) in [6, 6.07) is 6.57. The van der Waals surface area contributed by atoms with Gasteiger partial charge in [0.1, 0.15) is 21.2 Å². The number of amides is 2. The number of rotatable bonds is 8. The minimum Gasteiger partial charge on any atom is -0.481 e. The van der Waals surface area contributed by atoms with Crippen molar-refractivity contribution in [2.24, 2.45) is 5.41 Å². The lowest BCUT2D eigenvalue weighted by Gasteiger charge is -2.56. The van der Waals surface area contributed by atoms with Gasteiger partial charge in [-0.05, 0) is 18.6 Å². The molecule has 3 atom stereocenters. The number of hydrogen-bond donors (Lipinski definition) is 2. The number of aromatic nitrogens is 1. The number of thiazole rings is 1. The van der Waals surface area contributed by atoms with Crippen LogP contribution < -0.4 is 10.2 Å². The summed E-state index contributed by atoms with van der Waals surface area (Å²) >= 11 is 9.60. The highest BCUT2D eigenvalue weighted by Crippen LogP contribution is 2.47. The molecule has 8 nitrogen and oxygen atoms in total. The van der Waals surface area contributed by atoms with Gasteiger partial charge in [-0.1, -0.05) is 43.0 Å². The molecule has 180 valence electrons. The van der Waals surface area contributed by atoms with Gasteiger partial charge in [0.25, 0.3) is 0 Å². The van der Waals surface area contributed by atoms with Crippen molar-refractivity contribution in [3.63, 3.8) is 0 Å². The van der Waals surface area contributed by atoms with Gasteiger partial charge in [0.15, 0.2) is 0 Å². The lowest BCUT2D eigenvalue weighted by Crippen LogP contribution is -2.74. The number of carboxylic acid groups (broad SMARTS) is 1. The first kappa shape index (κ1) is 25.0. The smallest absolute Gasteiger partial charge is 0.313 e. The van der Waals surface area contributed by atoms with Gasteiger partial charge in [-0.3, -0.25) is 19.3 Å². The number of nitrogens with one attached hydrogen (secondary N) is 1. The predicted octanol–water partition coefficient (Wildman–Crippen LogP) is 3.79. The van der Waals surface area contributed by atoms with E-state index in [0.29, 0.717) is 34.3 Å². The van der Waals surface area contributed by atoms with Crippen LogP contribution in [-0.4, -0.2) is 67.2 Å². The van der Waals surface area contributed by atoms with Crippen LogP contribution in [0.25, 0.3) is 0 Å². The highest BCUT2D eigenvalue weighted by Gasteiger charge is 2.59. The standard InChI is InChI=1S/C22H24N4O4S4/c1-3-16(31)24-14-6-4-5-7-15(14)26(13(2)27)17-18(28)25-10-22(20(29)30,11-33-19(17)25)12-34-21-23-8-9-32-21/h4-9,17,19H,3,10-12H2,1-2H3,(H,24,31)(H,29,30)/t17?,19-,22?/m1/s1. The number of thiocarbonyl (C=S) groups is 1. The maximum Gasteiger partial charge on any atom is 0.313 e. The summed E-state index contributed by atoms with van der Waals surface area (Å²) in [5, 5.41) is 14.8. The van der Waals surface area contributed by atoms with E-state index in [-0.39, 0.29) is 23.7 Å². The number of β-lactam (4-membered cyclic amide) rings is 1. The predicted molar refractivity (Wildman–Crippen MR) is 141 cm³/mol. The van der Waals surface area contributed by atoms with Crippen LogP contribution in [0.1, 0.15) is 20.3 Å². The van der Waals surface area contributed by atoms with Gasteiger partial charge in [-0.15, -0.1) is 23.1 Å². The van der Waals surface area contributed by atoms with Crippen molar-refractivity contribution in [3.05, 3.63) is 35.8 Å². The van der Waals surface area contributed by atoms with Crippen molar-refractivity contribution in [2.75, 3.05) is 28.3 Å². The molecule has 2 saturated heterocycles. The van der Waals surface area contributed by atoms with Crippen molar-refractivity contribution in [3.8, 4) is 0 Å². The Kier molecular flexibility index (Phi) is 7.51. The van der Waals surface area contributed by atoms with Crippen molar-refractivity contribution >= 4 is 81.2 Å². The van der Waals surface area contributed by atoms with E-state index in [0.717, 1.165) is 4.34 Å². The maximum absolute atomic E-state index is 13.3. The number of aliphatic carboxylic acids is 1. The van der Waals surface area contributed by atoms with Gasteiger partial charge in [-0.25, -0.2) is 4.98 Å². The lowest BCUT2D eigenvalue weighted by atomic mass is 9.89. The number of nitrogens with zero attached hydrogens (tertiary/aromatic N) is 3. The average Bonchev–Trinajstić information content (AvgIpc) is 3.35. The normalized spacial score (nSPS) is 23.6. The minimum atomic E-state index is -1.08. The molecule has 3 heterocycles. The molecular weight excluding hydrogens is 513 g/mol. The van der Waals surface area contributed by atoms with Crippen LogP contribution >= 0.6 is 47.1 Å². The highest BCUT2D eigenvalue weighted by molar-refractivity contribution is 8.01. The zero-order chi connectivity index (χ0) is 24.5. The molecule has 2 aliphatic heterocycles. The number of benzene rings is 1. The molecule has 0 saturated carbocycles. The topological polar surface area (TPSA) is 103 Å². The van der Waals surface area contributed by atoms with E-state index in [2.05, 4.69) is 10.3 Å². The molecule has 0 radical (unpaired) electrons. The molecule has 34 heavy (non-hydrogen) atoms. The Hall–Kier alpha value is -2.15. The summed E-state index contributed by atoms with van der Waals surface area (Å²) in [4.78, 5) is 46.3. The fourth-order valence-electron chi connectivity index (χ4n) is 4.01. The maximum atomic E-state index is 13.3. The summed E-state index contributed by atoms with van der Waals surface area (Å²) in [5.74, 6) is -0.765. The van der Waals surface area contributed by atoms with Crippen molar-refractivity contribution in [1.82, 2.24) is 9.88 Å². The number of carbonyl (C=O) groups is 3. The molecule has 1 aromatic heterocycles. The molecule has 2 fully saturated rings. The van der Waals surface area contributed by atoms with Crippen LogP contribution in [0.3, 0.4) is 0 Å². The second-order valence-corrected chi connectivity index (χ2v) is 11.8. The lowest BCUT2D eigenvalue weighted by molar-refractivity contribution is -0.156. The summed E-state index contributed by atoms with van der Waals surface area (Å²) in [6.07, 6.45) is 2.33. The number of anilines is 2. The first-order valence-corrected chi connectivity index (χ1v) is 14.0. The van der Waals surface area contributed by atoms with Gasteiger partial charge in [0, 0.05) is 36.6 Å². The zero-order valence-electron chi connectivity index (χ0n) is 18.6. The second kappa shape index (κ2) is 10.2. The molecular formula is C22H24N4O4S4. The van der Waals surface area contributed by atoms with Crippen LogP contribution in [0.5, 0.6) is 0 Å². The van der Waals surface area contributed by atoms with Crippen molar-refractivity contribution in [1.29, 1.82) is 0 Å². The molecule has 2 aromatic rings. The fraction of sp³-hybridized carbons (Fsp3) is 0.409. The third-order valence-corrected chi connectivity index (χ3v) is 10.0. The Morgan fingerprint density at radius 3 is 2.82 bits per heavy atom. The molecule has 4 rings (SSSR count). The number of carbonyl (C=O) groups excluding carboxylic acids is 2. The van der Waals surface area contributed by atoms with Crippen LogP contribution in [0, 0.1) is 5.41 Å². The van der Waals surface area contributed by atoms with Gasteiger partial charge < -0.3 is 15.3 Å². The van der Waals surface area contributed by atoms with Gasteiger partial charge >= 0.3 is 5.97 Å². The Labute approximate surface area is 215 Å². The second-order valence-electron chi connectivity index (χ2n) is 8.09. The molecule has 2 aliphatic rings. The SMILES string of the molecule is CCC(=S)Nc1ccccc1N(C(C)=O)C1C(=O)N2CC(CSc3nccs3)(C(=O)O)CS[C@H]12. The van der Waals surface area contributed by atoms with Gasteiger partial charge in [-0.2, -0.15) is 0 Å². The largest absolute Gasteiger partial charge is 0.481 e. The van der Waals surface area contributed by atoms with Crippen LogP contribution in [0.15, 0.2) is 40.2 Å². The number of carboxylic acids is 1. The first-order chi connectivity index (χ1) is 16.3. The number of para-hydroxylation sites is 2. The van der Waals surface area contributed by atoms with E-state index >= 15 is 0 Å². The molecule has 2 amide bonds. The Morgan fingerprint density at radius 2 is 2.18 bits per heavy atom.